The van der Waals surface area contributed by atoms with Gasteiger partial charge in [0.2, 0.25) is 0 Å². The van der Waals surface area contributed by atoms with Crippen LogP contribution in [0.1, 0.15) is 45.0 Å². The van der Waals surface area contributed by atoms with Gasteiger partial charge in [0.05, 0.1) is 23.7 Å². The number of hydrogen-bond acceptors (Lipinski definition) is 6. The van der Waals surface area contributed by atoms with Crippen molar-refractivity contribution < 1.29 is 14.3 Å². The van der Waals surface area contributed by atoms with Crippen molar-refractivity contribution >= 4 is 39.0 Å². The van der Waals surface area contributed by atoms with Gasteiger partial charge < -0.3 is 9.47 Å². The minimum atomic E-state index is -0.771. The average molecular weight is 500 g/mol. The normalized spacial score (nSPS) is 12.2. The molecule has 0 aliphatic rings. The van der Waals surface area contributed by atoms with Crippen LogP contribution in [-0.4, -0.2) is 34.6 Å². The standard InChI is InChI=1S/C24H26BrN3O4/c1-4-6-11-22-27-20-13-12-18(25)14-19(20)23(29)28(22)26-15-17-9-7-8-10-21(17)32-16(3)24(30)31-5-2/h7-10,12-16H,4-6,11H2,1-3H3/t16-/m1/s1. The summed E-state index contributed by atoms with van der Waals surface area (Å²) in [4.78, 5) is 29.8. The predicted molar refractivity (Wildman–Crippen MR) is 128 cm³/mol. The lowest BCUT2D eigenvalue weighted by molar-refractivity contribution is -0.150. The monoisotopic (exact) mass is 499 g/mol. The Bertz CT molecular complexity index is 1190. The number of para-hydroxylation sites is 1. The first-order chi connectivity index (χ1) is 15.4. The van der Waals surface area contributed by atoms with Crippen molar-refractivity contribution in [3.05, 3.63) is 68.7 Å². The van der Waals surface area contributed by atoms with E-state index in [2.05, 4.69) is 32.9 Å². The summed E-state index contributed by atoms with van der Waals surface area (Å²) in [5.41, 5.74) is 1.03. The molecule has 1 aromatic heterocycles. The van der Waals surface area contributed by atoms with Gasteiger partial charge in [0.1, 0.15) is 11.6 Å². The quantitative estimate of drug-likeness (QED) is 0.314. The molecule has 8 heteroatoms. The number of hydrogen-bond donors (Lipinski definition) is 0. The molecule has 0 aliphatic heterocycles. The van der Waals surface area contributed by atoms with Crippen LogP contribution >= 0.6 is 15.9 Å². The van der Waals surface area contributed by atoms with Crippen LogP contribution in [-0.2, 0) is 16.0 Å². The third-order valence-corrected chi connectivity index (χ3v) is 5.28. The summed E-state index contributed by atoms with van der Waals surface area (Å²) in [7, 11) is 0. The summed E-state index contributed by atoms with van der Waals surface area (Å²) in [6.45, 7) is 5.74. The van der Waals surface area contributed by atoms with E-state index in [1.165, 1.54) is 4.68 Å². The summed E-state index contributed by atoms with van der Waals surface area (Å²) >= 11 is 3.41. The van der Waals surface area contributed by atoms with E-state index in [1.54, 1.807) is 44.3 Å². The fraction of sp³-hybridized carbons (Fsp3) is 0.333. The number of benzene rings is 2. The number of fused-ring (bicyclic) bond motifs is 1. The number of carbonyl (C=O) groups excluding carboxylic acids is 1. The van der Waals surface area contributed by atoms with Crippen LogP contribution in [0.25, 0.3) is 10.9 Å². The highest BCUT2D eigenvalue weighted by molar-refractivity contribution is 9.10. The second kappa shape index (κ2) is 11.0. The van der Waals surface area contributed by atoms with Gasteiger partial charge in [-0.1, -0.05) is 41.4 Å². The zero-order chi connectivity index (χ0) is 23.1. The molecule has 3 aromatic rings. The Balaban J connectivity index is 2.00. The van der Waals surface area contributed by atoms with Crippen molar-refractivity contribution in [2.75, 3.05) is 6.61 Å². The minimum Gasteiger partial charge on any atom is -0.478 e. The Morgan fingerprint density at radius 2 is 2.03 bits per heavy atom. The minimum absolute atomic E-state index is 0.239. The molecule has 0 amide bonds. The molecule has 0 aliphatic carbocycles. The molecule has 168 valence electrons. The van der Waals surface area contributed by atoms with E-state index < -0.39 is 12.1 Å². The van der Waals surface area contributed by atoms with Crippen LogP contribution in [0.4, 0.5) is 0 Å². The van der Waals surface area contributed by atoms with Gasteiger partial charge in [-0.05, 0) is 50.6 Å². The van der Waals surface area contributed by atoms with Gasteiger partial charge in [-0.15, -0.1) is 0 Å². The molecule has 32 heavy (non-hydrogen) atoms. The summed E-state index contributed by atoms with van der Waals surface area (Å²) in [6, 6.07) is 12.6. The van der Waals surface area contributed by atoms with E-state index in [9.17, 15) is 9.59 Å². The smallest absolute Gasteiger partial charge is 0.347 e. The van der Waals surface area contributed by atoms with Gasteiger partial charge in [0.15, 0.2) is 6.10 Å². The van der Waals surface area contributed by atoms with Crippen LogP contribution in [0, 0.1) is 0 Å². The van der Waals surface area contributed by atoms with Gasteiger partial charge in [-0.2, -0.15) is 9.78 Å². The third-order valence-electron chi connectivity index (χ3n) is 4.78. The van der Waals surface area contributed by atoms with Crippen molar-refractivity contribution in [2.45, 2.75) is 46.1 Å². The highest BCUT2D eigenvalue weighted by atomic mass is 79.9. The van der Waals surface area contributed by atoms with Crippen molar-refractivity contribution in [3.63, 3.8) is 0 Å². The summed E-state index contributed by atoms with van der Waals surface area (Å²) in [5.74, 6) is 0.624. The molecule has 0 spiro atoms. The van der Waals surface area contributed by atoms with Crippen LogP contribution in [0.5, 0.6) is 5.75 Å². The van der Waals surface area contributed by atoms with E-state index in [0.29, 0.717) is 34.5 Å². The number of esters is 1. The lowest BCUT2D eigenvalue weighted by atomic mass is 10.2. The Morgan fingerprint density at radius 1 is 1.25 bits per heavy atom. The van der Waals surface area contributed by atoms with E-state index in [4.69, 9.17) is 9.47 Å². The molecule has 3 rings (SSSR count). The SMILES string of the molecule is CCCCc1nc2ccc(Br)cc2c(=O)n1N=Cc1ccccc1O[C@H](C)C(=O)OCC. The van der Waals surface area contributed by atoms with Crippen LogP contribution in [0.3, 0.4) is 0 Å². The van der Waals surface area contributed by atoms with Crippen molar-refractivity contribution in [1.82, 2.24) is 9.66 Å². The number of aromatic nitrogens is 2. The summed E-state index contributed by atoms with van der Waals surface area (Å²) < 4.78 is 12.9. The highest BCUT2D eigenvalue weighted by Crippen LogP contribution is 2.19. The Hall–Kier alpha value is -3.00. The predicted octanol–water partition coefficient (Wildman–Crippen LogP) is 4.71. The fourth-order valence-electron chi connectivity index (χ4n) is 3.12. The topological polar surface area (TPSA) is 82.8 Å². The van der Waals surface area contributed by atoms with Gasteiger partial charge in [-0.3, -0.25) is 4.79 Å². The lowest BCUT2D eigenvalue weighted by Crippen LogP contribution is -2.26. The maximum atomic E-state index is 13.2. The molecule has 2 aromatic carbocycles. The summed E-state index contributed by atoms with van der Waals surface area (Å²) in [6.07, 6.45) is 3.27. The first-order valence-electron chi connectivity index (χ1n) is 10.6. The number of carbonyl (C=O) groups is 1. The van der Waals surface area contributed by atoms with Gasteiger partial charge in [0.25, 0.3) is 5.56 Å². The largest absolute Gasteiger partial charge is 0.478 e. The van der Waals surface area contributed by atoms with Crippen LogP contribution < -0.4 is 10.3 Å². The van der Waals surface area contributed by atoms with Gasteiger partial charge >= 0.3 is 5.97 Å². The molecule has 0 unspecified atom stereocenters. The number of rotatable bonds is 9. The van der Waals surface area contributed by atoms with Crippen LogP contribution in [0.15, 0.2) is 56.8 Å². The van der Waals surface area contributed by atoms with Crippen LogP contribution in [0.2, 0.25) is 0 Å². The molecule has 0 radical (unpaired) electrons. The first kappa shape index (κ1) is 23.7. The van der Waals surface area contributed by atoms with E-state index in [-0.39, 0.29) is 12.2 Å². The van der Waals surface area contributed by atoms with Crippen molar-refractivity contribution in [2.24, 2.45) is 5.10 Å². The zero-order valence-electron chi connectivity index (χ0n) is 18.4. The highest BCUT2D eigenvalue weighted by Gasteiger charge is 2.17. The average Bonchev–Trinajstić information content (AvgIpc) is 2.78. The molecule has 1 heterocycles. The third kappa shape index (κ3) is 5.62. The Kier molecular flexibility index (Phi) is 8.16. The molecular weight excluding hydrogens is 474 g/mol. The van der Waals surface area contributed by atoms with Crippen molar-refractivity contribution in [1.29, 1.82) is 0 Å². The van der Waals surface area contributed by atoms with Crippen molar-refractivity contribution in [3.8, 4) is 5.75 Å². The number of unbranched alkanes of at least 4 members (excludes halogenated alkanes) is 1. The molecule has 0 N–H and O–H groups in total. The maximum Gasteiger partial charge on any atom is 0.347 e. The zero-order valence-corrected chi connectivity index (χ0v) is 20.0. The second-order valence-corrected chi connectivity index (χ2v) is 8.12. The molecule has 7 nitrogen and oxygen atoms in total. The fourth-order valence-corrected chi connectivity index (χ4v) is 3.48. The lowest BCUT2D eigenvalue weighted by Gasteiger charge is -2.15. The van der Waals surface area contributed by atoms with Gasteiger partial charge in [0, 0.05) is 16.5 Å². The molecule has 0 saturated carbocycles. The maximum absolute atomic E-state index is 13.2. The number of halogens is 1. The second-order valence-electron chi connectivity index (χ2n) is 7.20. The molecule has 0 bridgehead atoms. The Labute approximate surface area is 195 Å². The first-order valence-corrected chi connectivity index (χ1v) is 11.4. The van der Waals surface area contributed by atoms with Gasteiger partial charge in [-0.25, -0.2) is 9.78 Å². The number of ether oxygens (including phenoxy) is 2. The number of aryl methyl sites for hydroxylation is 1. The molecule has 0 fully saturated rings. The summed E-state index contributed by atoms with van der Waals surface area (Å²) in [5, 5.41) is 4.95. The van der Waals surface area contributed by atoms with E-state index in [0.717, 1.165) is 17.3 Å². The molecular formula is C24H26BrN3O4. The van der Waals surface area contributed by atoms with E-state index >= 15 is 0 Å². The Morgan fingerprint density at radius 3 is 2.78 bits per heavy atom. The van der Waals surface area contributed by atoms with E-state index in [1.807, 2.05) is 18.2 Å². The molecule has 0 saturated heterocycles. The molecule has 1 atom stereocenters. The number of nitrogens with zero attached hydrogens (tertiary/aromatic N) is 3.